The summed E-state index contributed by atoms with van der Waals surface area (Å²) >= 11 is 0. The molecule has 3 heteroatoms. The van der Waals surface area contributed by atoms with Gasteiger partial charge in [0, 0.05) is 5.56 Å². The van der Waals surface area contributed by atoms with Crippen molar-refractivity contribution >= 4 is 0 Å². The minimum absolute atomic E-state index is 0.159. The van der Waals surface area contributed by atoms with Gasteiger partial charge >= 0.3 is 0 Å². The van der Waals surface area contributed by atoms with Crippen LogP contribution in [0.15, 0.2) is 6.07 Å². The maximum Gasteiger partial charge on any atom is 0.165 e. The molecule has 0 N–H and O–H groups in total. The molecule has 0 spiro atoms. The van der Waals surface area contributed by atoms with Crippen LogP contribution >= 0.6 is 0 Å². The van der Waals surface area contributed by atoms with Gasteiger partial charge in [0.2, 0.25) is 0 Å². The molecule has 0 fully saturated rings. The van der Waals surface area contributed by atoms with Crippen LogP contribution in [0.2, 0.25) is 0 Å². The van der Waals surface area contributed by atoms with Crippen LogP contribution in [0.25, 0.3) is 0 Å². The van der Waals surface area contributed by atoms with Gasteiger partial charge in [0.1, 0.15) is 5.67 Å². The van der Waals surface area contributed by atoms with Gasteiger partial charge in [-0.2, -0.15) is 0 Å². The van der Waals surface area contributed by atoms with Crippen molar-refractivity contribution in [2.45, 2.75) is 39.8 Å². The van der Waals surface area contributed by atoms with E-state index < -0.39 is 17.3 Å². The van der Waals surface area contributed by atoms with Gasteiger partial charge in [-0.1, -0.05) is 13.0 Å². The highest BCUT2D eigenvalue weighted by atomic mass is 19.2. The average Bonchev–Trinajstić information content (AvgIpc) is 2.11. The summed E-state index contributed by atoms with van der Waals surface area (Å²) in [7, 11) is 0. The van der Waals surface area contributed by atoms with Crippen molar-refractivity contribution in [1.82, 2.24) is 0 Å². The molecule has 0 radical (unpaired) electrons. The van der Waals surface area contributed by atoms with Crippen LogP contribution in [-0.4, -0.2) is 0 Å². The minimum Gasteiger partial charge on any atom is -0.239 e. The molecule has 0 amide bonds. The monoisotopic (exact) mass is 216 g/mol. The second kappa shape index (κ2) is 3.87. The predicted molar refractivity (Wildman–Crippen MR) is 54.6 cm³/mol. The number of halogens is 3. The molecule has 1 rings (SSSR count). The molecule has 0 aromatic heterocycles. The predicted octanol–water partition coefficient (Wildman–Crippen LogP) is 4.04. The summed E-state index contributed by atoms with van der Waals surface area (Å²) in [6.45, 7) is 5.74. The Morgan fingerprint density at radius 1 is 1.20 bits per heavy atom. The molecule has 0 unspecified atom stereocenters. The van der Waals surface area contributed by atoms with Crippen molar-refractivity contribution in [2.75, 3.05) is 0 Å². The van der Waals surface area contributed by atoms with Gasteiger partial charge in [0.05, 0.1) is 0 Å². The van der Waals surface area contributed by atoms with E-state index in [2.05, 4.69) is 0 Å². The fraction of sp³-hybridized carbons (Fsp3) is 0.500. The molecule has 0 saturated heterocycles. The maximum atomic E-state index is 13.7. The van der Waals surface area contributed by atoms with E-state index in [0.29, 0.717) is 12.0 Å². The lowest BCUT2D eigenvalue weighted by molar-refractivity contribution is 0.209. The van der Waals surface area contributed by atoms with E-state index in [1.165, 1.54) is 26.8 Å². The molecule has 84 valence electrons. The van der Waals surface area contributed by atoms with Crippen molar-refractivity contribution < 1.29 is 13.2 Å². The van der Waals surface area contributed by atoms with Crippen LogP contribution in [0.4, 0.5) is 13.2 Å². The van der Waals surface area contributed by atoms with Gasteiger partial charge in [-0.15, -0.1) is 0 Å². The molecule has 0 aliphatic heterocycles. The Hall–Kier alpha value is -0.990. The number of hydrogen-bond donors (Lipinski definition) is 0. The summed E-state index contributed by atoms with van der Waals surface area (Å²) < 4.78 is 40.6. The smallest absolute Gasteiger partial charge is 0.165 e. The molecule has 0 saturated carbocycles. The Morgan fingerprint density at radius 2 is 1.73 bits per heavy atom. The summed E-state index contributed by atoms with van der Waals surface area (Å²) in [6, 6.07) is 1.51. The summed E-state index contributed by atoms with van der Waals surface area (Å²) in [6.07, 6.45) is 0.487. The average molecular weight is 216 g/mol. The van der Waals surface area contributed by atoms with Crippen LogP contribution in [0, 0.1) is 18.6 Å². The molecule has 1 aromatic rings. The topological polar surface area (TPSA) is 0 Å². The van der Waals surface area contributed by atoms with Gasteiger partial charge < -0.3 is 0 Å². The quantitative estimate of drug-likeness (QED) is 0.699. The van der Waals surface area contributed by atoms with Gasteiger partial charge in [0.25, 0.3) is 0 Å². The fourth-order valence-corrected chi connectivity index (χ4v) is 1.74. The van der Waals surface area contributed by atoms with Crippen molar-refractivity contribution in [1.29, 1.82) is 0 Å². The van der Waals surface area contributed by atoms with Crippen LogP contribution in [0.3, 0.4) is 0 Å². The van der Waals surface area contributed by atoms with E-state index in [1.807, 2.05) is 0 Å². The number of benzene rings is 1. The number of alkyl halides is 1. The first kappa shape index (κ1) is 12.1. The van der Waals surface area contributed by atoms with Crippen LogP contribution < -0.4 is 0 Å². The minimum atomic E-state index is -1.86. The number of hydrogen-bond acceptors (Lipinski definition) is 0. The third-order valence-corrected chi connectivity index (χ3v) is 2.45. The standard InChI is InChI=1S/C12H15F3/c1-5-8-6-7(2)10(13)11(14)9(8)12(3,4)15/h6H,5H2,1-4H3. The third-order valence-electron chi connectivity index (χ3n) is 2.45. The Bertz CT molecular complexity index is 375. The summed E-state index contributed by atoms with van der Waals surface area (Å²) in [5.41, 5.74) is -1.27. The van der Waals surface area contributed by atoms with Crippen LogP contribution in [0.5, 0.6) is 0 Å². The lowest BCUT2D eigenvalue weighted by Crippen LogP contribution is -2.17. The van der Waals surface area contributed by atoms with Gasteiger partial charge in [-0.3, -0.25) is 0 Å². The first-order valence-electron chi connectivity index (χ1n) is 4.95. The molecule has 0 aliphatic carbocycles. The second-order valence-electron chi connectivity index (χ2n) is 4.18. The Morgan fingerprint density at radius 3 is 2.13 bits per heavy atom. The summed E-state index contributed by atoms with van der Waals surface area (Å²) in [5, 5.41) is 0. The highest BCUT2D eigenvalue weighted by Crippen LogP contribution is 2.33. The van der Waals surface area contributed by atoms with Gasteiger partial charge in [-0.25, -0.2) is 13.2 Å². The summed E-state index contributed by atoms with van der Waals surface area (Å²) in [5.74, 6) is -2.01. The van der Waals surface area contributed by atoms with Gasteiger partial charge in [-0.05, 0) is 38.3 Å². The largest absolute Gasteiger partial charge is 0.239 e. The Balaban J connectivity index is 3.55. The fourth-order valence-electron chi connectivity index (χ4n) is 1.74. The zero-order valence-corrected chi connectivity index (χ0v) is 9.42. The van der Waals surface area contributed by atoms with Crippen molar-refractivity contribution in [2.24, 2.45) is 0 Å². The maximum absolute atomic E-state index is 13.7. The molecule has 0 atom stereocenters. The molecule has 0 nitrogen and oxygen atoms in total. The normalized spacial score (nSPS) is 11.9. The van der Waals surface area contributed by atoms with Crippen molar-refractivity contribution in [3.8, 4) is 0 Å². The van der Waals surface area contributed by atoms with E-state index in [9.17, 15) is 13.2 Å². The number of rotatable bonds is 2. The molecule has 0 bridgehead atoms. The van der Waals surface area contributed by atoms with Crippen LogP contribution in [0.1, 0.15) is 37.5 Å². The lowest BCUT2D eigenvalue weighted by atomic mass is 9.91. The SMILES string of the molecule is CCc1cc(C)c(F)c(F)c1C(C)(C)F. The highest BCUT2D eigenvalue weighted by molar-refractivity contribution is 5.37. The second-order valence-corrected chi connectivity index (χ2v) is 4.18. The Kier molecular flexibility index (Phi) is 3.12. The van der Waals surface area contributed by atoms with Crippen molar-refractivity contribution in [3.05, 3.63) is 34.4 Å². The lowest BCUT2D eigenvalue weighted by Gasteiger charge is -2.20. The molecule has 1 aromatic carbocycles. The van der Waals surface area contributed by atoms with E-state index in [4.69, 9.17) is 0 Å². The first-order valence-corrected chi connectivity index (χ1v) is 4.95. The first-order chi connectivity index (χ1) is 6.79. The molecule has 15 heavy (non-hydrogen) atoms. The molecule has 0 aliphatic rings. The Labute approximate surface area is 88.1 Å². The zero-order chi connectivity index (χ0) is 11.8. The summed E-state index contributed by atoms with van der Waals surface area (Å²) in [4.78, 5) is 0. The third kappa shape index (κ3) is 2.16. The van der Waals surface area contributed by atoms with E-state index in [1.54, 1.807) is 6.92 Å². The van der Waals surface area contributed by atoms with Gasteiger partial charge in [0.15, 0.2) is 11.6 Å². The molecular formula is C12H15F3. The highest BCUT2D eigenvalue weighted by Gasteiger charge is 2.28. The van der Waals surface area contributed by atoms with E-state index >= 15 is 0 Å². The van der Waals surface area contributed by atoms with E-state index in [0.717, 1.165) is 0 Å². The van der Waals surface area contributed by atoms with Crippen molar-refractivity contribution in [3.63, 3.8) is 0 Å². The van der Waals surface area contributed by atoms with E-state index in [-0.39, 0.29) is 11.1 Å². The van der Waals surface area contributed by atoms with Crippen LogP contribution in [-0.2, 0) is 12.1 Å². The number of aryl methyl sites for hydroxylation is 2. The molecule has 0 heterocycles. The zero-order valence-electron chi connectivity index (χ0n) is 9.42. The molecular weight excluding hydrogens is 201 g/mol.